The van der Waals surface area contributed by atoms with Gasteiger partial charge in [-0.2, -0.15) is 0 Å². The second-order valence-electron chi connectivity index (χ2n) is 6.36. The van der Waals surface area contributed by atoms with Gasteiger partial charge >= 0.3 is 5.97 Å². The second-order valence-corrected chi connectivity index (χ2v) is 6.36. The van der Waals surface area contributed by atoms with Gasteiger partial charge in [0.25, 0.3) is 0 Å². The average molecular weight is 392 g/mol. The molecule has 0 unspecified atom stereocenters. The lowest BCUT2D eigenvalue weighted by atomic mass is 10.0. The van der Waals surface area contributed by atoms with Crippen molar-refractivity contribution < 1.29 is 14.3 Å². The van der Waals surface area contributed by atoms with Crippen LogP contribution in [0.2, 0.25) is 0 Å². The summed E-state index contributed by atoms with van der Waals surface area (Å²) in [4.78, 5) is 11.1. The van der Waals surface area contributed by atoms with Gasteiger partial charge in [0.05, 0.1) is 13.7 Å². The Bertz CT molecular complexity index is 661. The lowest BCUT2D eigenvalue weighted by molar-refractivity contribution is -0.140. The first kappa shape index (κ1) is 23.0. The van der Waals surface area contributed by atoms with Crippen molar-refractivity contribution in [3.63, 3.8) is 0 Å². The summed E-state index contributed by atoms with van der Waals surface area (Å²) in [6, 6.07) is 19.2. The topological polar surface area (TPSA) is 47.6 Å². The van der Waals surface area contributed by atoms with Crippen LogP contribution in [0.25, 0.3) is 0 Å². The molecule has 4 nitrogen and oxygen atoms in total. The molecule has 0 aliphatic carbocycles. The minimum Gasteiger partial charge on any atom is -0.494 e. The van der Waals surface area contributed by atoms with Gasteiger partial charge in [0.15, 0.2) is 0 Å². The van der Waals surface area contributed by atoms with Crippen molar-refractivity contribution in [1.82, 2.24) is 5.32 Å². The largest absolute Gasteiger partial charge is 0.494 e. The Morgan fingerprint density at radius 3 is 2.30 bits per heavy atom. The Labute approximate surface area is 168 Å². The molecule has 2 atom stereocenters. The van der Waals surface area contributed by atoms with Crippen molar-refractivity contribution in [2.45, 2.75) is 45.2 Å². The number of rotatable bonds is 10. The van der Waals surface area contributed by atoms with E-state index in [1.165, 1.54) is 18.2 Å². The van der Waals surface area contributed by atoms with Crippen LogP contribution in [-0.4, -0.2) is 19.7 Å². The monoisotopic (exact) mass is 391 g/mol. The number of esters is 1. The predicted octanol–water partition coefficient (Wildman–Crippen LogP) is 5.24. The fourth-order valence-electron chi connectivity index (χ4n) is 2.89. The standard InChI is InChI=1S/C22H29NO3.ClH/c1-4-21(23-17(2)18-9-6-5-7-10-18)19-12-14-20(15-13-19)26-16-8-11-22(24)25-3;/h5-7,9-10,12-15,17,21,23H,4,8,11,16H2,1-3H3;1H/t17-,21-;/m1./s1. The highest BCUT2D eigenvalue weighted by Gasteiger charge is 2.13. The van der Waals surface area contributed by atoms with Gasteiger partial charge in [-0.25, -0.2) is 0 Å². The predicted molar refractivity (Wildman–Crippen MR) is 111 cm³/mol. The zero-order valence-corrected chi connectivity index (χ0v) is 17.1. The number of hydrogen-bond donors (Lipinski definition) is 1. The molecule has 0 aliphatic heterocycles. The van der Waals surface area contributed by atoms with Crippen LogP contribution in [0.1, 0.15) is 56.3 Å². The number of benzene rings is 2. The van der Waals surface area contributed by atoms with Crippen LogP contribution in [0.4, 0.5) is 0 Å². The molecule has 2 aromatic carbocycles. The molecule has 0 radical (unpaired) electrons. The summed E-state index contributed by atoms with van der Waals surface area (Å²) in [5, 5.41) is 3.70. The third-order valence-electron chi connectivity index (χ3n) is 4.46. The highest BCUT2D eigenvalue weighted by Crippen LogP contribution is 2.24. The smallest absolute Gasteiger partial charge is 0.305 e. The molecule has 5 heteroatoms. The molecule has 0 saturated heterocycles. The normalized spacial score (nSPS) is 12.6. The summed E-state index contributed by atoms with van der Waals surface area (Å²) < 4.78 is 10.3. The van der Waals surface area contributed by atoms with Crippen LogP contribution < -0.4 is 10.1 Å². The molecule has 0 amide bonds. The van der Waals surface area contributed by atoms with Crippen molar-refractivity contribution in [2.75, 3.05) is 13.7 Å². The molecule has 0 heterocycles. The van der Waals surface area contributed by atoms with Gasteiger partial charge in [0.1, 0.15) is 5.75 Å². The third kappa shape index (κ3) is 7.61. The van der Waals surface area contributed by atoms with Crippen molar-refractivity contribution in [3.8, 4) is 5.75 Å². The number of methoxy groups -OCH3 is 1. The highest BCUT2D eigenvalue weighted by atomic mass is 35.5. The maximum absolute atomic E-state index is 11.1. The van der Waals surface area contributed by atoms with Crippen molar-refractivity contribution >= 4 is 18.4 Å². The van der Waals surface area contributed by atoms with Gasteiger partial charge in [0.2, 0.25) is 0 Å². The maximum atomic E-state index is 11.1. The van der Waals surface area contributed by atoms with E-state index in [1.54, 1.807) is 0 Å². The van der Waals surface area contributed by atoms with Crippen molar-refractivity contribution in [1.29, 1.82) is 0 Å². The number of carbonyl (C=O) groups excluding carboxylic acids is 1. The van der Waals surface area contributed by atoms with Crippen LogP contribution >= 0.6 is 12.4 Å². The molecular weight excluding hydrogens is 362 g/mol. The Morgan fingerprint density at radius 2 is 1.70 bits per heavy atom. The van der Waals surface area contributed by atoms with E-state index in [0.717, 1.165) is 12.2 Å². The van der Waals surface area contributed by atoms with Gasteiger partial charge < -0.3 is 14.8 Å². The molecule has 2 aromatic rings. The molecule has 148 valence electrons. The van der Waals surface area contributed by atoms with Crippen LogP contribution in [0, 0.1) is 0 Å². The average Bonchev–Trinajstić information content (AvgIpc) is 2.70. The Hall–Kier alpha value is -2.04. The lowest BCUT2D eigenvalue weighted by Crippen LogP contribution is -2.24. The van der Waals surface area contributed by atoms with Crippen molar-refractivity contribution in [2.24, 2.45) is 0 Å². The van der Waals surface area contributed by atoms with E-state index in [4.69, 9.17) is 4.74 Å². The molecule has 0 saturated carbocycles. The second kappa shape index (κ2) is 12.4. The van der Waals surface area contributed by atoms with E-state index < -0.39 is 0 Å². The van der Waals surface area contributed by atoms with Gasteiger partial charge in [-0.1, -0.05) is 49.4 Å². The first-order chi connectivity index (χ1) is 12.6. The summed E-state index contributed by atoms with van der Waals surface area (Å²) >= 11 is 0. The van der Waals surface area contributed by atoms with E-state index in [0.29, 0.717) is 25.5 Å². The maximum Gasteiger partial charge on any atom is 0.305 e. The van der Waals surface area contributed by atoms with Crippen molar-refractivity contribution in [3.05, 3.63) is 65.7 Å². The van der Waals surface area contributed by atoms with E-state index in [2.05, 4.69) is 60.3 Å². The number of halogens is 1. The van der Waals surface area contributed by atoms with Gasteiger partial charge in [-0.05, 0) is 43.0 Å². The molecule has 0 fully saturated rings. The first-order valence-electron chi connectivity index (χ1n) is 9.24. The Balaban J connectivity index is 0.00000364. The molecule has 0 aliphatic rings. The van der Waals surface area contributed by atoms with E-state index in [-0.39, 0.29) is 24.4 Å². The zero-order chi connectivity index (χ0) is 18.8. The van der Waals surface area contributed by atoms with Gasteiger partial charge in [0, 0.05) is 18.5 Å². The first-order valence-corrected chi connectivity index (χ1v) is 9.24. The lowest BCUT2D eigenvalue weighted by Gasteiger charge is -2.23. The minimum absolute atomic E-state index is 0. The molecule has 0 aromatic heterocycles. The molecule has 0 bridgehead atoms. The molecule has 27 heavy (non-hydrogen) atoms. The Kier molecular flexibility index (Phi) is 10.5. The summed E-state index contributed by atoms with van der Waals surface area (Å²) in [6.45, 7) is 4.89. The number of ether oxygens (including phenoxy) is 2. The summed E-state index contributed by atoms with van der Waals surface area (Å²) in [5.74, 6) is 0.623. The zero-order valence-electron chi connectivity index (χ0n) is 16.3. The molecule has 0 spiro atoms. The fourth-order valence-corrected chi connectivity index (χ4v) is 2.89. The van der Waals surface area contributed by atoms with Crippen LogP contribution in [0.5, 0.6) is 5.75 Å². The van der Waals surface area contributed by atoms with E-state index in [1.807, 2.05) is 18.2 Å². The number of nitrogens with one attached hydrogen (secondary N) is 1. The third-order valence-corrected chi connectivity index (χ3v) is 4.46. The fraction of sp³-hybridized carbons (Fsp3) is 0.409. The summed E-state index contributed by atoms with van der Waals surface area (Å²) in [5.41, 5.74) is 2.54. The highest BCUT2D eigenvalue weighted by molar-refractivity contribution is 5.85. The van der Waals surface area contributed by atoms with E-state index in [9.17, 15) is 4.79 Å². The quantitative estimate of drug-likeness (QED) is 0.444. The van der Waals surface area contributed by atoms with Gasteiger partial charge in [-0.3, -0.25) is 4.79 Å². The van der Waals surface area contributed by atoms with E-state index >= 15 is 0 Å². The summed E-state index contributed by atoms with van der Waals surface area (Å²) in [6.07, 6.45) is 2.05. The molecule has 1 N–H and O–H groups in total. The Morgan fingerprint density at radius 1 is 1.04 bits per heavy atom. The molecular formula is C22H30ClNO3. The van der Waals surface area contributed by atoms with Crippen LogP contribution in [0.3, 0.4) is 0 Å². The minimum atomic E-state index is -0.201. The van der Waals surface area contributed by atoms with Gasteiger partial charge in [-0.15, -0.1) is 12.4 Å². The number of carbonyl (C=O) groups is 1. The molecule has 2 rings (SSSR count). The van der Waals surface area contributed by atoms with Crippen LogP contribution in [0.15, 0.2) is 54.6 Å². The number of hydrogen-bond acceptors (Lipinski definition) is 4. The van der Waals surface area contributed by atoms with Crippen LogP contribution in [-0.2, 0) is 9.53 Å². The SMILES string of the molecule is CC[C@@H](N[C@H](C)c1ccccc1)c1ccc(OCCCC(=O)OC)cc1.Cl. The summed E-state index contributed by atoms with van der Waals surface area (Å²) in [7, 11) is 1.40.